The van der Waals surface area contributed by atoms with Crippen LogP contribution < -0.4 is 10.1 Å². The van der Waals surface area contributed by atoms with Gasteiger partial charge in [-0.15, -0.1) is 0 Å². The molecule has 1 unspecified atom stereocenters. The zero-order chi connectivity index (χ0) is 19.8. The molecular weight excluding hydrogens is 415 g/mol. The van der Waals surface area contributed by atoms with Crippen LogP contribution in [0.4, 0.5) is 4.39 Å². The molecule has 0 aromatic heterocycles. The summed E-state index contributed by atoms with van der Waals surface area (Å²) in [6, 6.07) is 12.3. The molecule has 144 valence electrons. The van der Waals surface area contributed by atoms with E-state index in [1.807, 2.05) is 19.1 Å². The van der Waals surface area contributed by atoms with E-state index in [2.05, 4.69) is 21.2 Å². The number of amides is 2. The van der Waals surface area contributed by atoms with Crippen molar-refractivity contribution in [2.24, 2.45) is 0 Å². The molecule has 0 bridgehead atoms. The van der Waals surface area contributed by atoms with Crippen molar-refractivity contribution in [1.29, 1.82) is 0 Å². The Morgan fingerprint density at radius 3 is 2.37 bits per heavy atom. The van der Waals surface area contributed by atoms with Crippen molar-refractivity contribution in [2.75, 3.05) is 13.2 Å². The van der Waals surface area contributed by atoms with Crippen LogP contribution in [-0.4, -0.2) is 35.9 Å². The quantitative estimate of drug-likeness (QED) is 0.688. The number of nitrogens with zero attached hydrogens (tertiary/aromatic N) is 1. The molecule has 0 heterocycles. The average molecular weight is 437 g/mol. The lowest BCUT2D eigenvalue weighted by molar-refractivity contribution is -0.142. The molecule has 2 rings (SSSR count). The number of nitrogens with one attached hydrogen (secondary N) is 1. The van der Waals surface area contributed by atoms with Crippen LogP contribution in [0.3, 0.4) is 0 Å². The first kappa shape index (κ1) is 20.9. The second kappa shape index (κ2) is 10.1. The summed E-state index contributed by atoms with van der Waals surface area (Å²) in [5.41, 5.74) is 0.726. The molecule has 0 aliphatic rings. The number of benzene rings is 2. The third kappa shape index (κ3) is 6.36. The van der Waals surface area contributed by atoms with E-state index in [0.717, 1.165) is 10.0 Å². The van der Waals surface area contributed by atoms with Gasteiger partial charge in [-0.2, -0.15) is 0 Å². The van der Waals surface area contributed by atoms with E-state index in [4.69, 9.17) is 4.74 Å². The number of hydrogen-bond donors (Lipinski definition) is 1. The molecule has 5 nitrogen and oxygen atoms in total. The lowest BCUT2D eigenvalue weighted by Crippen LogP contribution is -2.49. The number of rotatable bonds is 8. The molecule has 2 aromatic rings. The van der Waals surface area contributed by atoms with Crippen molar-refractivity contribution < 1.29 is 18.7 Å². The van der Waals surface area contributed by atoms with Gasteiger partial charge in [0.25, 0.3) is 5.91 Å². The van der Waals surface area contributed by atoms with Gasteiger partial charge in [0.2, 0.25) is 5.91 Å². The third-order valence-electron chi connectivity index (χ3n) is 3.96. The van der Waals surface area contributed by atoms with Crippen molar-refractivity contribution >= 4 is 27.7 Å². The predicted molar refractivity (Wildman–Crippen MR) is 105 cm³/mol. The second-order valence-electron chi connectivity index (χ2n) is 5.96. The largest absolute Gasteiger partial charge is 0.484 e. The van der Waals surface area contributed by atoms with Gasteiger partial charge in [-0.1, -0.05) is 28.1 Å². The van der Waals surface area contributed by atoms with Crippen LogP contribution >= 0.6 is 15.9 Å². The SMILES string of the molecule is CCNC(=O)C(C)N(Cc1ccc(F)cc1)C(=O)COc1ccc(Br)cc1. The third-order valence-corrected chi connectivity index (χ3v) is 4.49. The molecule has 2 amide bonds. The van der Waals surface area contributed by atoms with Gasteiger partial charge in [0.05, 0.1) is 0 Å². The van der Waals surface area contributed by atoms with Gasteiger partial charge in [0.15, 0.2) is 6.61 Å². The molecule has 2 aromatic carbocycles. The summed E-state index contributed by atoms with van der Waals surface area (Å²) in [6.45, 7) is 3.92. The Morgan fingerprint density at radius 1 is 1.15 bits per heavy atom. The minimum atomic E-state index is -0.684. The van der Waals surface area contributed by atoms with E-state index in [9.17, 15) is 14.0 Å². The summed E-state index contributed by atoms with van der Waals surface area (Å²) in [4.78, 5) is 26.4. The number of carbonyl (C=O) groups excluding carboxylic acids is 2. The number of likely N-dealkylation sites (N-methyl/N-ethyl adjacent to an activating group) is 1. The first-order valence-electron chi connectivity index (χ1n) is 8.60. The van der Waals surface area contributed by atoms with Gasteiger partial charge in [-0.05, 0) is 55.8 Å². The van der Waals surface area contributed by atoms with Crippen LogP contribution in [0, 0.1) is 5.82 Å². The van der Waals surface area contributed by atoms with Crippen LogP contribution in [0.2, 0.25) is 0 Å². The average Bonchev–Trinajstić information content (AvgIpc) is 2.66. The molecule has 0 fully saturated rings. The van der Waals surface area contributed by atoms with E-state index in [-0.39, 0.29) is 30.8 Å². The molecule has 0 aliphatic carbocycles. The Bertz CT molecular complexity index is 766. The predicted octanol–water partition coefficient (Wildman–Crippen LogP) is 3.52. The minimum absolute atomic E-state index is 0.182. The smallest absolute Gasteiger partial charge is 0.261 e. The van der Waals surface area contributed by atoms with Crippen molar-refractivity contribution in [3.63, 3.8) is 0 Å². The van der Waals surface area contributed by atoms with Gasteiger partial charge in [-0.3, -0.25) is 9.59 Å². The monoisotopic (exact) mass is 436 g/mol. The Morgan fingerprint density at radius 2 is 1.78 bits per heavy atom. The summed E-state index contributed by atoms with van der Waals surface area (Å²) in [6.07, 6.45) is 0. The number of carbonyl (C=O) groups is 2. The van der Waals surface area contributed by atoms with E-state index in [1.165, 1.54) is 17.0 Å². The lowest BCUT2D eigenvalue weighted by atomic mass is 10.1. The van der Waals surface area contributed by atoms with E-state index >= 15 is 0 Å². The van der Waals surface area contributed by atoms with Crippen molar-refractivity contribution in [3.05, 3.63) is 64.4 Å². The Hall–Kier alpha value is -2.41. The topological polar surface area (TPSA) is 58.6 Å². The molecular formula is C20H22BrFN2O3. The highest BCUT2D eigenvalue weighted by atomic mass is 79.9. The summed E-state index contributed by atoms with van der Waals surface area (Å²) in [5.74, 6) is -0.386. The molecule has 27 heavy (non-hydrogen) atoms. The summed E-state index contributed by atoms with van der Waals surface area (Å²) >= 11 is 3.34. The normalized spacial score (nSPS) is 11.6. The molecule has 0 aliphatic heterocycles. The van der Waals surface area contributed by atoms with Gasteiger partial charge in [0, 0.05) is 17.6 Å². The molecule has 0 saturated carbocycles. The summed E-state index contributed by atoms with van der Waals surface area (Å²) in [5, 5.41) is 2.72. The zero-order valence-corrected chi connectivity index (χ0v) is 16.8. The maximum absolute atomic E-state index is 13.1. The minimum Gasteiger partial charge on any atom is -0.484 e. The fourth-order valence-corrected chi connectivity index (χ4v) is 2.71. The standard InChI is InChI=1S/C20H22BrFN2O3/c1-3-23-20(26)14(2)24(12-15-4-8-17(22)9-5-15)19(25)13-27-18-10-6-16(21)7-11-18/h4-11,14H,3,12-13H2,1-2H3,(H,23,26). The Kier molecular flexibility index (Phi) is 7.79. The Balaban J connectivity index is 2.11. The fraction of sp³-hybridized carbons (Fsp3) is 0.300. The first-order valence-corrected chi connectivity index (χ1v) is 9.40. The summed E-state index contributed by atoms with van der Waals surface area (Å²) < 4.78 is 19.6. The zero-order valence-electron chi connectivity index (χ0n) is 15.2. The van der Waals surface area contributed by atoms with Crippen LogP contribution in [0.5, 0.6) is 5.75 Å². The van der Waals surface area contributed by atoms with E-state index < -0.39 is 6.04 Å². The summed E-state index contributed by atoms with van der Waals surface area (Å²) in [7, 11) is 0. The maximum Gasteiger partial charge on any atom is 0.261 e. The van der Waals surface area contributed by atoms with E-state index in [1.54, 1.807) is 31.2 Å². The van der Waals surface area contributed by atoms with Gasteiger partial charge >= 0.3 is 0 Å². The molecule has 0 radical (unpaired) electrons. The van der Waals surface area contributed by atoms with Gasteiger partial charge in [0.1, 0.15) is 17.6 Å². The van der Waals surface area contributed by atoms with Crippen molar-refractivity contribution in [3.8, 4) is 5.75 Å². The lowest BCUT2D eigenvalue weighted by Gasteiger charge is -2.28. The van der Waals surface area contributed by atoms with Crippen molar-refractivity contribution in [2.45, 2.75) is 26.4 Å². The van der Waals surface area contributed by atoms with Crippen LogP contribution in [0.1, 0.15) is 19.4 Å². The highest BCUT2D eigenvalue weighted by molar-refractivity contribution is 9.10. The van der Waals surface area contributed by atoms with Crippen molar-refractivity contribution in [1.82, 2.24) is 10.2 Å². The van der Waals surface area contributed by atoms with Crippen LogP contribution in [0.25, 0.3) is 0 Å². The fourth-order valence-electron chi connectivity index (χ4n) is 2.45. The number of halogens is 2. The van der Waals surface area contributed by atoms with Gasteiger partial charge < -0.3 is 15.0 Å². The Labute approximate surface area is 166 Å². The number of hydrogen-bond acceptors (Lipinski definition) is 3. The van der Waals surface area contributed by atoms with Crippen LogP contribution in [-0.2, 0) is 16.1 Å². The maximum atomic E-state index is 13.1. The highest BCUT2D eigenvalue weighted by Gasteiger charge is 2.26. The van der Waals surface area contributed by atoms with Crippen LogP contribution in [0.15, 0.2) is 53.0 Å². The first-order chi connectivity index (χ1) is 12.9. The molecule has 1 N–H and O–H groups in total. The molecule has 7 heteroatoms. The van der Waals surface area contributed by atoms with Gasteiger partial charge in [-0.25, -0.2) is 4.39 Å². The molecule has 1 atom stereocenters. The number of ether oxygens (including phenoxy) is 1. The molecule has 0 saturated heterocycles. The van der Waals surface area contributed by atoms with E-state index in [0.29, 0.717) is 12.3 Å². The highest BCUT2D eigenvalue weighted by Crippen LogP contribution is 2.17. The molecule has 0 spiro atoms. The second-order valence-corrected chi connectivity index (χ2v) is 6.88.